The first-order valence-electron chi connectivity index (χ1n) is 6.70. The van der Waals surface area contributed by atoms with Crippen molar-refractivity contribution in [2.75, 3.05) is 19.6 Å². The molecule has 0 radical (unpaired) electrons. The van der Waals surface area contributed by atoms with Crippen LogP contribution in [0.15, 0.2) is 24.3 Å². The van der Waals surface area contributed by atoms with Crippen LogP contribution in [0.4, 0.5) is 0 Å². The highest BCUT2D eigenvalue weighted by Crippen LogP contribution is 2.12. The average molecular weight is 246 g/mol. The summed E-state index contributed by atoms with van der Waals surface area (Å²) >= 11 is 0. The van der Waals surface area contributed by atoms with E-state index >= 15 is 0 Å². The van der Waals surface area contributed by atoms with Gasteiger partial charge in [-0.1, -0.05) is 24.3 Å². The summed E-state index contributed by atoms with van der Waals surface area (Å²) in [6, 6.07) is 8.96. The third-order valence-electron chi connectivity index (χ3n) is 3.72. The number of carbonyl (C=O) groups is 1. The van der Waals surface area contributed by atoms with Crippen molar-refractivity contribution in [3.63, 3.8) is 0 Å². The lowest BCUT2D eigenvalue weighted by atomic mass is 10.00. The molecule has 1 aromatic rings. The van der Waals surface area contributed by atoms with Gasteiger partial charge in [0.2, 0.25) is 5.91 Å². The van der Waals surface area contributed by atoms with Crippen LogP contribution in [0.3, 0.4) is 0 Å². The maximum Gasteiger partial charge on any atom is 0.219 e. The zero-order chi connectivity index (χ0) is 13.0. The second-order valence-corrected chi connectivity index (χ2v) is 5.08. The molecule has 1 amide bonds. The van der Waals surface area contributed by atoms with Crippen LogP contribution in [-0.2, 0) is 11.2 Å². The van der Waals surface area contributed by atoms with Crippen molar-refractivity contribution >= 4 is 5.91 Å². The van der Waals surface area contributed by atoms with Crippen LogP contribution >= 0.6 is 0 Å². The van der Waals surface area contributed by atoms with Crippen molar-refractivity contribution in [1.82, 2.24) is 10.2 Å². The van der Waals surface area contributed by atoms with Crippen molar-refractivity contribution in [1.29, 1.82) is 0 Å². The Balaban J connectivity index is 1.87. The maximum atomic E-state index is 11.4. The molecule has 1 saturated heterocycles. The number of rotatable bonds is 3. The normalized spacial score (nSPS) is 19.9. The Labute approximate surface area is 109 Å². The summed E-state index contributed by atoms with van der Waals surface area (Å²) in [4.78, 5) is 13.3. The van der Waals surface area contributed by atoms with Crippen molar-refractivity contribution < 1.29 is 4.79 Å². The van der Waals surface area contributed by atoms with Gasteiger partial charge in [0.15, 0.2) is 0 Å². The molecule has 1 unspecified atom stereocenters. The molecule has 18 heavy (non-hydrogen) atoms. The SMILES string of the molecule is CC(=O)N1CCNC(CCc2ccccc2C)C1. The molecule has 0 bridgehead atoms. The Morgan fingerprint density at radius 1 is 1.44 bits per heavy atom. The number of nitrogens with one attached hydrogen (secondary N) is 1. The topological polar surface area (TPSA) is 32.3 Å². The van der Waals surface area contributed by atoms with E-state index in [1.807, 2.05) is 4.90 Å². The van der Waals surface area contributed by atoms with E-state index in [1.54, 1.807) is 6.92 Å². The fraction of sp³-hybridized carbons (Fsp3) is 0.533. The molecule has 1 aliphatic rings. The van der Waals surface area contributed by atoms with Gasteiger partial charge in [0, 0.05) is 32.6 Å². The van der Waals surface area contributed by atoms with Gasteiger partial charge in [-0.3, -0.25) is 4.79 Å². The number of carbonyl (C=O) groups excluding carboxylic acids is 1. The Bertz CT molecular complexity index is 417. The summed E-state index contributed by atoms with van der Waals surface area (Å²) in [6.45, 7) is 6.42. The molecule has 1 fully saturated rings. The van der Waals surface area contributed by atoms with Crippen LogP contribution in [0.2, 0.25) is 0 Å². The fourth-order valence-electron chi connectivity index (χ4n) is 2.53. The summed E-state index contributed by atoms with van der Waals surface area (Å²) in [6.07, 6.45) is 2.17. The number of nitrogens with zero attached hydrogens (tertiary/aromatic N) is 1. The maximum absolute atomic E-state index is 11.4. The first kappa shape index (κ1) is 13.1. The first-order valence-corrected chi connectivity index (χ1v) is 6.70. The zero-order valence-corrected chi connectivity index (χ0v) is 11.3. The van der Waals surface area contributed by atoms with Gasteiger partial charge in [-0.2, -0.15) is 0 Å². The largest absolute Gasteiger partial charge is 0.340 e. The number of hydrogen-bond donors (Lipinski definition) is 1. The molecule has 0 aromatic heterocycles. The van der Waals surface area contributed by atoms with Gasteiger partial charge in [0.1, 0.15) is 0 Å². The van der Waals surface area contributed by atoms with Gasteiger partial charge >= 0.3 is 0 Å². The molecular weight excluding hydrogens is 224 g/mol. The van der Waals surface area contributed by atoms with Crippen LogP contribution < -0.4 is 5.32 Å². The van der Waals surface area contributed by atoms with E-state index in [0.717, 1.165) is 32.5 Å². The number of benzene rings is 1. The van der Waals surface area contributed by atoms with Crippen LogP contribution in [0.1, 0.15) is 24.5 Å². The molecule has 98 valence electrons. The number of piperazine rings is 1. The standard InChI is InChI=1S/C15H22N2O/c1-12-5-3-4-6-14(12)7-8-15-11-17(13(2)18)10-9-16-15/h3-6,15-16H,7-11H2,1-2H3. The third-order valence-corrected chi connectivity index (χ3v) is 3.72. The number of hydrogen-bond acceptors (Lipinski definition) is 2. The predicted molar refractivity (Wildman–Crippen MR) is 73.5 cm³/mol. The Kier molecular flexibility index (Phi) is 4.37. The molecule has 1 aromatic carbocycles. The van der Waals surface area contributed by atoms with Crippen molar-refractivity contribution in [2.24, 2.45) is 0 Å². The molecule has 1 atom stereocenters. The van der Waals surface area contributed by atoms with Crippen LogP contribution in [0, 0.1) is 6.92 Å². The Morgan fingerprint density at radius 3 is 2.94 bits per heavy atom. The van der Waals surface area contributed by atoms with Gasteiger partial charge in [-0.15, -0.1) is 0 Å². The molecule has 0 saturated carbocycles. The van der Waals surface area contributed by atoms with Crippen molar-refractivity contribution in [2.45, 2.75) is 32.7 Å². The average Bonchev–Trinajstić information content (AvgIpc) is 2.38. The molecule has 0 spiro atoms. The third kappa shape index (κ3) is 3.33. The van der Waals surface area contributed by atoms with Gasteiger partial charge in [-0.25, -0.2) is 0 Å². The molecule has 3 nitrogen and oxygen atoms in total. The summed E-state index contributed by atoms with van der Waals surface area (Å²) in [5, 5.41) is 3.50. The van der Waals surface area contributed by atoms with Gasteiger partial charge < -0.3 is 10.2 Å². The molecular formula is C15H22N2O. The van der Waals surface area contributed by atoms with Crippen LogP contribution in [0.25, 0.3) is 0 Å². The molecule has 1 aliphatic heterocycles. The second kappa shape index (κ2) is 6.01. The van der Waals surface area contributed by atoms with E-state index in [0.29, 0.717) is 6.04 Å². The summed E-state index contributed by atoms with van der Waals surface area (Å²) in [7, 11) is 0. The predicted octanol–water partition coefficient (Wildman–Crippen LogP) is 1.75. The zero-order valence-electron chi connectivity index (χ0n) is 11.3. The quantitative estimate of drug-likeness (QED) is 0.881. The van der Waals surface area contributed by atoms with E-state index in [2.05, 4.69) is 36.5 Å². The van der Waals surface area contributed by atoms with E-state index in [-0.39, 0.29) is 5.91 Å². The molecule has 2 rings (SSSR count). The lowest BCUT2D eigenvalue weighted by Gasteiger charge is -2.33. The highest BCUT2D eigenvalue weighted by Gasteiger charge is 2.20. The summed E-state index contributed by atoms with van der Waals surface area (Å²) in [5.74, 6) is 0.192. The number of aryl methyl sites for hydroxylation is 2. The van der Waals surface area contributed by atoms with Crippen LogP contribution in [0.5, 0.6) is 0 Å². The molecule has 1 heterocycles. The van der Waals surface area contributed by atoms with E-state index in [4.69, 9.17) is 0 Å². The van der Waals surface area contributed by atoms with Gasteiger partial charge in [0.25, 0.3) is 0 Å². The van der Waals surface area contributed by atoms with Gasteiger partial charge in [0.05, 0.1) is 0 Å². The Hall–Kier alpha value is -1.35. The van der Waals surface area contributed by atoms with Crippen LogP contribution in [-0.4, -0.2) is 36.5 Å². The smallest absolute Gasteiger partial charge is 0.219 e. The highest BCUT2D eigenvalue weighted by atomic mass is 16.2. The fourth-order valence-corrected chi connectivity index (χ4v) is 2.53. The van der Waals surface area contributed by atoms with E-state index < -0.39 is 0 Å². The first-order chi connectivity index (χ1) is 8.66. The molecule has 1 N–H and O–H groups in total. The minimum atomic E-state index is 0.192. The van der Waals surface area contributed by atoms with E-state index in [1.165, 1.54) is 11.1 Å². The minimum absolute atomic E-state index is 0.192. The van der Waals surface area contributed by atoms with Crippen molar-refractivity contribution in [3.05, 3.63) is 35.4 Å². The monoisotopic (exact) mass is 246 g/mol. The summed E-state index contributed by atoms with van der Waals surface area (Å²) < 4.78 is 0. The lowest BCUT2D eigenvalue weighted by Crippen LogP contribution is -2.52. The highest BCUT2D eigenvalue weighted by molar-refractivity contribution is 5.73. The summed E-state index contributed by atoms with van der Waals surface area (Å²) in [5.41, 5.74) is 2.77. The molecule has 0 aliphatic carbocycles. The second-order valence-electron chi connectivity index (χ2n) is 5.08. The molecule has 3 heteroatoms. The lowest BCUT2D eigenvalue weighted by molar-refractivity contribution is -0.130. The van der Waals surface area contributed by atoms with Gasteiger partial charge in [-0.05, 0) is 30.9 Å². The Morgan fingerprint density at radius 2 is 2.22 bits per heavy atom. The van der Waals surface area contributed by atoms with E-state index in [9.17, 15) is 4.79 Å². The van der Waals surface area contributed by atoms with Crippen molar-refractivity contribution in [3.8, 4) is 0 Å². The minimum Gasteiger partial charge on any atom is -0.340 e. The number of amides is 1.